The number of hydrazone groups is 1. The first-order valence-corrected chi connectivity index (χ1v) is 10.7. The minimum Gasteiger partial charge on any atom is -0.378 e. The quantitative estimate of drug-likeness (QED) is 0.209. The van der Waals surface area contributed by atoms with Gasteiger partial charge in [0.05, 0.1) is 18.0 Å². The van der Waals surface area contributed by atoms with E-state index in [1.165, 1.54) is 11.8 Å². The molecule has 1 amide bonds. The lowest BCUT2D eigenvalue weighted by molar-refractivity contribution is -0.120. The van der Waals surface area contributed by atoms with Gasteiger partial charge >= 0.3 is 0 Å². The highest BCUT2D eigenvalue weighted by Gasteiger charge is 2.19. The Bertz CT molecular complexity index is 1040. The van der Waals surface area contributed by atoms with Crippen molar-refractivity contribution in [1.29, 1.82) is 0 Å². The fourth-order valence-electron chi connectivity index (χ4n) is 2.52. The Balaban J connectivity index is 1.60. The Hall–Kier alpha value is -3.17. The molecule has 0 unspecified atom stereocenters. The van der Waals surface area contributed by atoms with Crippen molar-refractivity contribution in [2.45, 2.75) is 30.4 Å². The zero-order valence-corrected chi connectivity index (χ0v) is 18.5. The first-order valence-electron chi connectivity index (χ1n) is 9.49. The van der Waals surface area contributed by atoms with E-state index in [0.717, 1.165) is 17.1 Å². The summed E-state index contributed by atoms with van der Waals surface area (Å²) in [6.45, 7) is 6.59. The number of carbonyl (C=O) groups excluding carboxylic acids is 1. The number of allylic oxidation sites excluding steroid dienone is 1. The maximum atomic E-state index is 12.4. The van der Waals surface area contributed by atoms with Crippen LogP contribution in [0.3, 0.4) is 0 Å². The van der Waals surface area contributed by atoms with Crippen molar-refractivity contribution < 1.29 is 4.79 Å². The molecule has 31 heavy (non-hydrogen) atoms. The number of anilines is 1. The first kappa shape index (κ1) is 22.5. The van der Waals surface area contributed by atoms with Crippen molar-refractivity contribution in [2.24, 2.45) is 5.10 Å². The summed E-state index contributed by atoms with van der Waals surface area (Å²) in [4.78, 5) is 16.4. The molecule has 0 radical (unpaired) electrons. The molecule has 2 N–H and O–H groups in total. The Labute approximate surface area is 189 Å². The number of hydrogen-bond donors (Lipinski definition) is 2. The highest BCUT2D eigenvalue weighted by molar-refractivity contribution is 8.00. The van der Waals surface area contributed by atoms with Gasteiger partial charge in [0.25, 0.3) is 5.91 Å². The van der Waals surface area contributed by atoms with Crippen LogP contribution in [0.4, 0.5) is 5.69 Å². The van der Waals surface area contributed by atoms with Gasteiger partial charge in [0.15, 0.2) is 11.0 Å². The second-order valence-electron chi connectivity index (χ2n) is 6.44. The maximum absolute atomic E-state index is 12.4. The molecule has 0 aliphatic heterocycles. The molecule has 0 bridgehead atoms. The van der Waals surface area contributed by atoms with Crippen LogP contribution < -0.4 is 10.7 Å². The summed E-state index contributed by atoms with van der Waals surface area (Å²) < 4.78 is 1.92. The number of hydrogen-bond acceptors (Lipinski definition) is 7. The zero-order chi connectivity index (χ0) is 22.1. The molecule has 3 aromatic rings. The van der Waals surface area contributed by atoms with E-state index < -0.39 is 5.25 Å². The molecule has 0 saturated heterocycles. The van der Waals surface area contributed by atoms with E-state index in [-0.39, 0.29) is 5.91 Å². The van der Waals surface area contributed by atoms with Crippen LogP contribution in [-0.2, 0) is 17.9 Å². The van der Waals surface area contributed by atoms with Gasteiger partial charge in [-0.25, -0.2) is 5.43 Å². The number of thioether (sulfide) groups is 1. The van der Waals surface area contributed by atoms with Crippen LogP contribution in [0.25, 0.3) is 0 Å². The summed E-state index contributed by atoms with van der Waals surface area (Å²) in [6.07, 6.45) is 6.64. The third-order valence-corrected chi connectivity index (χ3v) is 5.46. The molecule has 160 valence electrons. The van der Waals surface area contributed by atoms with E-state index >= 15 is 0 Å². The van der Waals surface area contributed by atoms with E-state index in [1.54, 1.807) is 37.7 Å². The number of carbonyl (C=O) groups is 1. The van der Waals surface area contributed by atoms with Crippen LogP contribution in [-0.4, -0.2) is 37.1 Å². The fourth-order valence-corrected chi connectivity index (χ4v) is 3.52. The average molecular weight is 456 g/mol. The summed E-state index contributed by atoms with van der Waals surface area (Å²) in [6, 6.07) is 11.1. The predicted molar refractivity (Wildman–Crippen MR) is 124 cm³/mol. The zero-order valence-electron chi connectivity index (χ0n) is 16.9. The van der Waals surface area contributed by atoms with Crippen molar-refractivity contribution in [2.75, 3.05) is 5.32 Å². The highest BCUT2D eigenvalue weighted by Crippen LogP contribution is 2.23. The van der Waals surface area contributed by atoms with E-state index in [9.17, 15) is 4.79 Å². The molecule has 0 aliphatic carbocycles. The minimum atomic E-state index is -0.420. The topological polar surface area (TPSA) is 97.1 Å². The van der Waals surface area contributed by atoms with Gasteiger partial charge in [-0.15, -0.1) is 16.8 Å². The van der Waals surface area contributed by atoms with Gasteiger partial charge in [-0.1, -0.05) is 35.5 Å². The molecule has 3 rings (SSSR count). The molecule has 1 aromatic carbocycles. The molecule has 10 heteroatoms. The number of amides is 1. The molecule has 0 aliphatic rings. The van der Waals surface area contributed by atoms with Crippen LogP contribution in [0.15, 0.2) is 71.7 Å². The molecular formula is C21H22ClN7OS. The summed E-state index contributed by atoms with van der Waals surface area (Å²) in [5, 5.41) is 16.7. The van der Waals surface area contributed by atoms with Gasteiger partial charge in [0.2, 0.25) is 0 Å². The van der Waals surface area contributed by atoms with Crippen LogP contribution >= 0.6 is 23.4 Å². The minimum absolute atomic E-state index is 0.237. The Morgan fingerprint density at radius 2 is 2.13 bits per heavy atom. The van der Waals surface area contributed by atoms with Gasteiger partial charge in [0, 0.05) is 35.2 Å². The van der Waals surface area contributed by atoms with Gasteiger partial charge in [-0.3, -0.25) is 9.78 Å². The number of nitrogens with one attached hydrogen (secondary N) is 2. The normalized spacial score (nSPS) is 11.9. The Morgan fingerprint density at radius 3 is 2.84 bits per heavy atom. The van der Waals surface area contributed by atoms with E-state index in [0.29, 0.717) is 23.3 Å². The largest absolute Gasteiger partial charge is 0.378 e. The number of rotatable bonds is 10. The summed E-state index contributed by atoms with van der Waals surface area (Å²) >= 11 is 7.23. The first-order chi connectivity index (χ1) is 15.1. The van der Waals surface area contributed by atoms with Crippen molar-refractivity contribution in [3.8, 4) is 0 Å². The van der Waals surface area contributed by atoms with E-state index in [1.807, 2.05) is 34.9 Å². The number of pyridine rings is 1. The van der Waals surface area contributed by atoms with Crippen molar-refractivity contribution in [3.05, 3.63) is 77.9 Å². The smallest absolute Gasteiger partial charge is 0.253 e. The molecule has 0 saturated carbocycles. The molecular weight excluding hydrogens is 434 g/mol. The highest BCUT2D eigenvalue weighted by atomic mass is 35.5. The second kappa shape index (κ2) is 11.3. The number of aromatic nitrogens is 4. The average Bonchev–Trinajstić information content (AvgIpc) is 3.15. The predicted octanol–water partition coefficient (Wildman–Crippen LogP) is 3.76. The van der Waals surface area contributed by atoms with Crippen LogP contribution in [0, 0.1) is 0 Å². The van der Waals surface area contributed by atoms with E-state index in [2.05, 4.69) is 37.6 Å². The van der Waals surface area contributed by atoms with Crippen molar-refractivity contribution in [3.63, 3.8) is 0 Å². The molecule has 1 atom stereocenters. The summed E-state index contributed by atoms with van der Waals surface area (Å²) in [5.74, 6) is 0.499. The third-order valence-electron chi connectivity index (χ3n) is 4.12. The van der Waals surface area contributed by atoms with Crippen LogP contribution in [0.2, 0.25) is 5.02 Å². The van der Waals surface area contributed by atoms with E-state index in [4.69, 9.17) is 11.6 Å². The molecule has 0 fully saturated rings. The second-order valence-corrected chi connectivity index (χ2v) is 8.18. The van der Waals surface area contributed by atoms with Gasteiger partial charge < -0.3 is 9.88 Å². The van der Waals surface area contributed by atoms with Crippen molar-refractivity contribution in [1.82, 2.24) is 25.2 Å². The number of nitrogens with zero attached hydrogens (tertiary/aromatic N) is 5. The van der Waals surface area contributed by atoms with Crippen LogP contribution in [0.5, 0.6) is 0 Å². The third kappa shape index (κ3) is 6.66. The van der Waals surface area contributed by atoms with Crippen LogP contribution in [0.1, 0.15) is 18.3 Å². The SMILES string of the molecule is C=CCn1c(CNc2ccc(Cl)cc2)nnc1S[C@H](C)C(=O)NN=Cc1cccnc1. The number of benzene rings is 1. The number of halogens is 1. The Morgan fingerprint density at radius 1 is 1.32 bits per heavy atom. The van der Waals surface area contributed by atoms with Gasteiger partial charge in [-0.2, -0.15) is 5.10 Å². The van der Waals surface area contributed by atoms with Crippen molar-refractivity contribution >= 4 is 41.2 Å². The fraction of sp³-hybridized carbons (Fsp3) is 0.190. The lowest BCUT2D eigenvalue weighted by atomic mass is 10.3. The summed E-state index contributed by atoms with van der Waals surface area (Å²) in [5.41, 5.74) is 4.26. The maximum Gasteiger partial charge on any atom is 0.253 e. The molecule has 8 nitrogen and oxygen atoms in total. The summed E-state index contributed by atoms with van der Waals surface area (Å²) in [7, 11) is 0. The van der Waals surface area contributed by atoms with Gasteiger partial charge in [0.1, 0.15) is 0 Å². The molecule has 2 aromatic heterocycles. The monoisotopic (exact) mass is 455 g/mol. The lowest BCUT2D eigenvalue weighted by Gasteiger charge is -2.12. The Kier molecular flexibility index (Phi) is 8.19. The molecule has 0 spiro atoms. The standard InChI is InChI=1S/C21H22ClN7OS/c1-3-11-29-19(14-24-18-8-6-17(22)7-9-18)26-28-21(29)31-15(2)20(30)27-25-13-16-5-4-10-23-12-16/h3-10,12-13,15,24H,1,11,14H2,2H3,(H,27,30)/t15-/m1/s1. The van der Waals surface area contributed by atoms with Gasteiger partial charge in [-0.05, 0) is 37.3 Å². The lowest BCUT2D eigenvalue weighted by Crippen LogP contribution is -2.27. The molecule has 2 heterocycles.